The van der Waals surface area contributed by atoms with Crippen molar-refractivity contribution in [3.8, 4) is 0 Å². The van der Waals surface area contributed by atoms with Crippen LogP contribution in [0, 0.1) is 11.8 Å². The molecule has 0 amide bonds. The first-order valence-corrected chi connectivity index (χ1v) is 4.90. The van der Waals surface area contributed by atoms with Gasteiger partial charge in [-0.15, -0.1) is 0 Å². The number of ketones is 1. The van der Waals surface area contributed by atoms with Crippen LogP contribution < -0.4 is 0 Å². The molecule has 0 aromatic heterocycles. The SMILES string of the molecule is O=C1CC[C@@H]2CCCCC[C@@H]12. The molecule has 11 heavy (non-hydrogen) atoms. The minimum Gasteiger partial charge on any atom is -0.299 e. The number of fused-ring (bicyclic) bond motifs is 1. The molecule has 2 saturated carbocycles. The van der Waals surface area contributed by atoms with Crippen LogP contribution in [0.1, 0.15) is 44.9 Å². The number of Topliss-reactive ketones (excluding diaryl/α,β-unsaturated/α-hetero) is 1. The molecular formula is C10H16O. The zero-order valence-corrected chi connectivity index (χ0v) is 7.01. The normalized spacial score (nSPS) is 38.4. The van der Waals surface area contributed by atoms with Crippen molar-refractivity contribution in [1.82, 2.24) is 0 Å². The zero-order chi connectivity index (χ0) is 7.68. The van der Waals surface area contributed by atoms with E-state index in [4.69, 9.17) is 0 Å². The number of carbonyl (C=O) groups is 1. The molecule has 0 heterocycles. The first-order chi connectivity index (χ1) is 5.38. The van der Waals surface area contributed by atoms with Gasteiger partial charge in [0.15, 0.2) is 0 Å². The average molecular weight is 152 g/mol. The van der Waals surface area contributed by atoms with Gasteiger partial charge in [-0.3, -0.25) is 4.79 Å². The summed E-state index contributed by atoms with van der Waals surface area (Å²) in [4.78, 5) is 11.4. The molecule has 0 aromatic rings. The Morgan fingerprint density at radius 1 is 1.00 bits per heavy atom. The van der Waals surface area contributed by atoms with Gasteiger partial charge in [0.05, 0.1) is 0 Å². The number of hydrogen-bond acceptors (Lipinski definition) is 1. The van der Waals surface area contributed by atoms with E-state index >= 15 is 0 Å². The minimum absolute atomic E-state index is 0.484. The highest BCUT2D eigenvalue weighted by atomic mass is 16.1. The summed E-state index contributed by atoms with van der Waals surface area (Å²) < 4.78 is 0. The van der Waals surface area contributed by atoms with E-state index in [-0.39, 0.29) is 0 Å². The van der Waals surface area contributed by atoms with Crippen molar-refractivity contribution in [3.63, 3.8) is 0 Å². The summed E-state index contributed by atoms with van der Waals surface area (Å²) in [5, 5.41) is 0. The van der Waals surface area contributed by atoms with Gasteiger partial charge in [0, 0.05) is 12.3 Å². The van der Waals surface area contributed by atoms with Crippen molar-refractivity contribution in [2.45, 2.75) is 44.9 Å². The molecule has 0 unspecified atom stereocenters. The van der Waals surface area contributed by atoms with Crippen LogP contribution in [0.15, 0.2) is 0 Å². The standard InChI is InChI=1S/C10H16O/c11-10-7-6-8-4-2-1-3-5-9(8)10/h8-9H,1-7H2/t8-,9+/m0/s1. The Balaban J connectivity index is 2.06. The molecule has 0 aromatic carbocycles. The fraction of sp³-hybridized carbons (Fsp3) is 0.900. The summed E-state index contributed by atoms with van der Waals surface area (Å²) >= 11 is 0. The molecule has 0 saturated heterocycles. The van der Waals surface area contributed by atoms with E-state index in [0.717, 1.165) is 12.3 Å². The van der Waals surface area contributed by atoms with Crippen molar-refractivity contribution in [2.75, 3.05) is 0 Å². The maximum Gasteiger partial charge on any atom is 0.136 e. The molecule has 1 nitrogen and oxygen atoms in total. The quantitative estimate of drug-likeness (QED) is 0.521. The Kier molecular flexibility index (Phi) is 1.97. The largest absolute Gasteiger partial charge is 0.299 e. The van der Waals surface area contributed by atoms with Crippen LogP contribution in [-0.4, -0.2) is 5.78 Å². The highest BCUT2D eigenvalue weighted by molar-refractivity contribution is 5.83. The molecule has 0 spiro atoms. The predicted molar refractivity (Wildman–Crippen MR) is 44.3 cm³/mol. The second kappa shape index (κ2) is 2.96. The van der Waals surface area contributed by atoms with E-state index in [1.807, 2.05) is 0 Å². The Morgan fingerprint density at radius 3 is 2.73 bits per heavy atom. The third kappa shape index (κ3) is 1.33. The van der Waals surface area contributed by atoms with E-state index in [1.54, 1.807) is 0 Å². The Bertz CT molecular complexity index is 162. The van der Waals surface area contributed by atoms with Crippen LogP contribution in [-0.2, 0) is 4.79 Å². The third-order valence-corrected chi connectivity index (χ3v) is 3.33. The van der Waals surface area contributed by atoms with Gasteiger partial charge in [0.1, 0.15) is 5.78 Å². The summed E-state index contributed by atoms with van der Waals surface area (Å²) in [5.74, 6) is 1.83. The average Bonchev–Trinajstić information content (AvgIpc) is 2.25. The molecule has 0 bridgehead atoms. The molecule has 62 valence electrons. The molecule has 1 heteroatoms. The summed E-state index contributed by atoms with van der Waals surface area (Å²) in [6.45, 7) is 0. The second-order valence-electron chi connectivity index (χ2n) is 4.01. The smallest absolute Gasteiger partial charge is 0.136 e. The number of hydrogen-bond donors (Lipinski definition) is 0. The summed E-state index contributed by atoms with van der Waals surface area (Å²) in [7, 11) is 0. The molecule has 2 aliphatic carbocycles. The van der Waals surface area contributed by atoms with E-state index in [1.165, 1.54) is 38.5 Å². The zero-order valence-electron chi connectivity index (χ0n) is 7.01. The summed E-state index contributed by atoms with van der Waals surface area (Å²) in [6, 6.07) is 0. The Morgan fingerprint density at radius 2 is 1.82 bits per heavy atom. The molecule has 0 N–H and O–H groups in total. The monoisotopic (exact) mass is 152 g/mol. The Hall–Kier alpha value is -0.330. The van der Waals surface area contributed by atoms with Gasteiger partial charge < -0.3 is 0 Å². The van der Waals surface area contributed by atoms with E-state index in [0.29, 0.717) is 11.7 Å². The van der Waals surface area contributed by atoms with Crippen LogP contribution in [0.4, 0.5) is 0 Å². The van der Waals surface area contributed by atoms with Gasteiger partial charge in [-0.05, 0) is 25.2 Å². The predicted octanol–water partition coefficient (Wildman–Crippen LogP) is 2.55. The highest BCUT2D eigenvalue weighted by Gasteiger charge is 2.34. The first kappa shape index (κ1) is 7.33. The van der Waals surface area contributed by atoms with Gasteiger partial charge in [-0.1, -0.05) is 19.3 Å². The maximum atomic E-state index is 11.4. The van der Waals surface area contributed by atoms with E-state index in [9.17, 15) is 4.79 Å². The molecular weight excluding hydrogens is 136 g/mol. The summed E-state index contributed by atoms with van der Waals surface area (Å²) in [6.07, 6.45) is 8.64. The lowest BCUT2D eigenvalue weighted by Crippen LogP contribution is -2.12. The molecule has 2 fully saturated rings. The van der Waals surface area contributed by atoms with Crippen LogP contribution in [0.2, 0.25) is 0 Å². The lowest BCUT2D eigenvalue weighted by Gasteiger charge is -2.12. The molecule has 2 aliphatic rings. The van der Waals surface area contributed by atoms with Gasteiger partial charge in [0.2, 0.25) is 0 Å². The van der Waals surface area contributed by atoms with Crippen LogP contribution in [0.25, 0.3) is 0 Å². The van der Waals surface area contributed by atoms with Gasteiger partial charge in [0.25, 0.3) is 0 Å². The van der Waals surface area contributed by atoms with Crippen molar-refractivity contribution in [3.05, 3.63) is 0 Å². The van der Waals surface area contributed by atoms with Crippen molar-refractivity contribution >= 4 is 5.78 Å². The first-order valence-electron chi connectivity index (χ1n) is 4.90. The van der Waals surface area contributed by atoms with Crippen LogP contribution >= 0.6 is 0 Å². The molecule has 2 rings (SSSR count). The fourth-order valence-corrected chi connectivity index (χ4v) is 2.67. The van der Waals surface area contributed by atoms with Gasteiger partial charge in [-0.25, -0.2) is 0 Å². The fourth-order valence-electron chi connectivity index (χ4n) is 2.67. The highest BCUT2D eigenvalue weighted by Crippen LogP contribution is 2.38. The van der Waals surface area contributed by atoms with Crippen molar-refractivity contribution in [2.24, 2.45) is 11.8 Å². The van der Waals surface area contributed by atoms with Crippen molar-refractivity contribution < 1.29 is 4.79 Å². The topological polar surface area (TPSA) is 17.1 Å². The third-order valence-electron chi connectivity index (χ3n) is 3.33. The molecule has 0 aliphatic heterocycles. The van der Waals surface area contributed by atoms with Crippen LogP contribution in [0.5, 0.6) is 0 Å². The van der Waals surface area contributed by atoms with E-state index < -0.39 is 0 Å². The minimum atomic E-state index is 0.484. The molecule has 0 radical (unpaired) electrons. The Labute approximate surface area is 68.2 Å². The number of rotatable bonds is 0. The summed E-state index contributed by atoms with van der Waals surface area (Å²) in [5.41, 5.74) is 0. The van der Waals surface area contributed by atoms with Gasteiger partial charge in [-0.2, -0.15) is 0 Å². The number of carbonyl (C=O) groups excluding carboxylic acids is 1. The second-order valence-corrected chi connectivity index (χ2v) is 4.01. The van der Waals surface area contributed by atoms with Gasteiger partial charge >= 0.3 is 0 Å². The molecule has 2 atom stereocenters. The van der Waals surface area contributed by atoms with Crippen LogP contribution in [0.3, 0.4) is 0 Å². The van der Waals surface area contributed by atoms with E-state index in [2.05, 4.69) is 0 Å². The van der Waals surface area contributed by atoms with Crippen molar-refractivity contribution in [1.29, 1.82) is 0 Å². The lowest BCUT2D eigenvalue weighted by atomic mass is 9.91. The lowest BCUT2D eigenvalue weighted by molar-refractivity contribution is -0.121. The maximum absolute atomic E-state index is 11.4.